The maximum atomic E-state index is 13.7. The Kier molecular flexibility index (Phi) is 3.88. The quantitative estimate of drug-likeness (QED) is 0.735. The Morgan fingerprint density at radius 2 is 1.93 bits per heavy atom. The minimum atomic E-state index is -0.814. The molecule has 0 saturated carbocycles. The van der Waals surface area contributed by atoms with Crippen LogP contribution < -0.4 is 4.74 Å². The van der Waals surface area contributed by atoms with E-state index < -0.39 is 12.3 Å². The Morgan fingerprint density at radius 1 is 1.13 bits per heavy atom. The molecule has 6 rings (SSSR count). The monoisotopic (exact) mass is 403 g/mol. The van der Waals surface area contributed by atoms with Crippen LogP contribution in [-0.4, -0.2) is 48.6 Å². The Morgan fingerprint density at radius 3 is 2.73 bits per heavy atom. The maximum absolute atomic E-state index is 13.7. The van der Waals surface area contributed by atoms with Crippen LogP contribution in [-0.2, 0) is 14.3 Å². The average Bonchev–Trinajstić information content (AvgIpc) is 3.38. The molecule has 30 heavy (non-hydrogen) atoms. The number of carbonyl (C=O) groups excluding carboxylic acids is 2. The van der Waals surface area contributed by atoms with Gasteiger partial charge in [0.25, 0.3) is 0 Å². The second kappa shape index (κ2) is 6.52. The Labute approximate surface area is 174 Å². The summed E-state index contributed by atoms with van der Waals surface area (Å²) >= 11 is 0. The molecule has 2 aromatic rings. The molecule has 6 heteroatoms. The minimum Gasteiger partial charge on any atom is -0.497 e. The standard InChI is InChI=1S/C24H21NO5/c1-28-15-8-6-14(7-9-15)22(26)21-18-17-12-29-24(30-17)23(27)19(18)20-16-5-3-2-4-13(16)10-11-25(20)21/h2-11,17-21,24H,12H2,1H3/t17-,18+,19-,20+,21?,24-/m0/s1. The molecule has 0 aliphatic carbocycles. The van der Waals surface area contributed by atoms with E-state index in [9.17, 15) is 9.59 Å². The summed E-state index contributed by atoms with van der Waals surface area (Å²) in [5, 5.41) is 0. The molecule has 0 aromatic heterocycles. The van der Waals surface area contributed by atoms with E-state index in [4.69, 9.17) is 14.2 Å². The number of Topliss-reactive ketones (excluding diaryl/α,β-unsaturated/α-hetero) is 2. The molecular weight excluding hydrogens is 382 g/mol. The summed E-state index contributed by atoms with van der Waals surface area (Å²) in [6, 6.07) is 14.5. The summed E-state index contributed by atoms with van der Waals surface area (Å²) in [7, 11) is 1.60. The van der Waals surface area contributed by atoms with Crippen molar-refractivity contribution in [3.63, 3.8) is 0 Å². The first-order valence-electron chi connectivity index (χ1n) is 10.2. The number of ether oxygens (including phenoxy) is 3. The van der Waals surface area contributed by atoms with E-state index in [0.717, 1.165) is 11.1 Å². The van der Waals surface area contributed by atoms with Crippen molar-refractivity contribution in [1.29, 1.82) is 0 Å². The van der Waals surface area contributed by atoms with Crippen LogP contribution >= 0.6 is 0 Å². The zero-order valence-corrected chi connectivity index (χ0v) is 16.4. The van der Waals surface area contributed by atoms with Gasteiger partial charge in [0, 0.05) is 17.7 Å². The predicted molar refractivity (Wildman–Crippen MR) is 108 cm³/mol. The fourth-order valence-electron chi connectivity index (χ4n) is 5.55. The molecule has 6 nitrogen and oxygen atoms in total. The number of benzene rings is 2. The highest BCUT2D eigenvalue weighted by Crippen LogP contribution is 2.54. The van der Waals surface area contributed by atoms with E-state index >= 15 is 0 Å². The molecule has 0 radical (unpaired) electrons. The van der Waals surface area contributed by atoms with Crippen molar-refractivity contribution in [2.75, 3.05) is 13.7 Å². The minimum absolute atomic E-state index is 0.0130. The summed E-state index contributed by atoms with van der Waals surface area (Å²) in [5.74, 6) is 0.0322. The van der Waals surface area contributed by atoms with Crippen LogP contribution in [0.4, 0.5) is 0 Å². The first-order valence-corrected chi connectivity index (χ1v) is 10.2. The molecule has 6 atom stereocenters. The van der Waals surface area contributed by atoms with Crippen LogP contribution in [0, 0.1) is 11.8 Å². The van der Waals surface area contributed by atoms with Crippen molar-refractivity contribution in [2.45, 2.75) is 24.5 Å². The Hall–Kier alpha value is -2.96. The van der Waals surface area contributed by atoms with Crippen LogP contribution in [0.1, 0.15) is 27.5 Å². The van der Waals surface area contributed by atoms with Crippen molar-refractivity contribution in [2.24, 2.45) is 11.8 Å². The van der Waals surface area contributed by atoms with Crippen molar-refractivity contribution in [3.8, 4) is 5.75 Å². The van der Waals surface area contributed by atoms with Gasteiger partial charge in [-0.15, -0.1) is 0 Å². The number of carbonyl (C=O) groups is 2. The Balaban J connectivity index is 1.47. The summed E-state index contributed by atoms with van der Waals surface area (Å²) in [6.07, 6.45) is 2.92. The first kappa shape index (κ1) is 17.9. The van der Waals surface area contributed by atoms with E-state index in [0.29, 0.717) is 17.9 Å². The fourth-order valence-corrected chi connectivity index (χ4v) is 5.55. The summed E-state index contributed by atoms with van der Waals surface area (Å²) in [6.45, 7) is 0.343. The molecule has 1 unspecified atom stereocenters. The van der Waals surface area contributed by atoms with Gasteiger partial charge in [-0.25, -0.2) is 0 Å². The molecule has 4 aliphatic rings. The normalized spacial score (nSPS) is 33.1. The largest absolute Gasteiger partial charge is 0.497 e. The van der Waals surface area contributed by atoms with Gasteiger partial charge in [-0.05, 0) is 41.5 Å². The van der Waals surface area contributed by atoms with E-state index in [2.05, 4.69) is 11.0 Å². The van der Waals surface area contributed by atoms with Crippen molar-refractivity contribution >= 4 is 17.6 Å². The molecule has 152 valence electrons. The van der Waals surface area contributed by atoms with Crippen LogP contribution in [0.25, 0.3) is 6.08 Å². The molecule has 2 aromatic carbocycles. The lowest BCUT2D eigenvalue weighted by Crippen LogP contribution is -2.48. The zero-order valence-electron chi connectivity index (χ0n) is 16.4. The summed E-state index contributed by atoms with van der Waals surface area (Å²) < 4.78 is 16.7. The highest BCUT2D eigenvalue weighted by atomic mass is 16.7. The highest BCUT2D eigenvalue weighted by molar-refractivity contribution is 6.02. The molecule has 0 amide bonds. The first-order chi connectivity index (χ1) is 14.7. The van der Waals surface area contributed by atoms with Gasteiger partial charge in [0.2, 0.25) is 6.29 Å². The van der Waals surface area contributed by atoms with Crippen LogP contribution in [0.15, 0.2) is 54.7 Å². The topological polar surface area (TPSA) is 65.1 Å². The molecule has 3 fully saturated rings. The predicted octanol–water partition coefficient (Wildman–Crippen LogP) is 2.84. The third-order valence-corrected chi connectivity index (χ3v) is 6.85. The second-order valence-corrected chi connectivity index (χ2v) is 8.22. The number of nitrogens with zero attached hydrogens (tertiary/aromatic N) is 1. The SMILES string of the molecule is COc1ccc(C(=O)C2[C@H]3[C@H](C(=O)[C@H]4OC[C@@H]3O4)[C@H]3c4ccccc4C=CN23)cc1. The number of methoxy groups -OCH3 is 1. The van der Waals surface area contributed by atoms with Gasteiger partial charge in [-0.2, -0.15) is 0 Å². The number of hydrogen-bond donors (Lipinski definition) is 0. The van der Waals surface area contributed by atoms with Crippen molar-refractivity contribution in [1.82, 2.24) is 4.90 Å². The molecular formula is C24H21NO5. The van der Waals surface area contributed by atoms with Gasteiger partial charge >= 0.3 is 0 Å². The van der Waals surface area contributed by atoms with E-state index in [1.807, 2.05) is 30.5 Å². The maximum Gasteiger partial charge on any atom is 0.218 e. The fraction of sp³-hybridized carbons (Fsp3) is 0.333. The molecule has 4 aliphatic heterocycles. The number of fused-ring (bicyclic) bond motifs is 8. The zero-order chi connectivity index (χ0) is 20.4. The number of hydrogen-bond acceptors (Lipinski definition) is 6. The molecule has 0 spiro atoms. The van der Waals surface area contributed by atoms with Gasteiger partial charge in [0.05, 0.1) is 37.8 Å². The molecule has 4 heterocycles. The van der Waals surface area contributed by atoms with E-state index in [-0.39, 0.29) is 35.5 Å². The van der Waals surface area contributed by atoms with Gasteiger partial charge in [-0.1, -0.05) is 24.3 Å². The van der Waals surface area contributed by atoms with Gasteiger partial charge in [-0.3, -0.25) is 9.59 Å². The lowest BCUT2D eigenvalue weighted by atomic mass is 9.75. The van der Waals surface area contributed by atoms with E-state index in [1.54, 1.807) is 31.4 Å². The smallest absolute Gasteiger partial charge is 0.218 e. The van der Waals surface area contributed by atoms with E-state index in [1.165, 1.54) is 0 Å². The third-order valence-electron chi connectivity index (χ3n) is 6.85. The van der Waals surface area contributed by atoms with Crippen molar-refractivity contribution < 1.29 is 23.8 Å². The molecule has 2 bridgehead atoms. The third kappa shape index (κ3) is 2.38. The van der Waals surface area contributed by atoms with Crippen LogP contribution in [0.5, 0.6) is 5.75 Å². The van der Waals surface area contributed by atoms with Gasteiger partial charge < -0.3 is 19.1 Å². The lowest BCUT2D eigenvalue weighted by molar-refractivity contribution is -0.164. The highest BCUT2D eigenvalue weighted by Gasteiger charge is 2.63. The second-order valence-electron chi connectivity index (χ2n) is 8.22. The number of rotatable bonds is 3. The van der Waals surface area contributed by atoms with Crippen LogP contribution in [0.3, 0.4) is 0 Å². The summed E-state index contributed by atoms with van der Waals surface area (Å²) in [5.41, 5.74) is 2.76. The Bertz CT molecular complexity index is 1060. The molecule has 3 saturated heterocycles. The average molecular weight is 403 g/mol. The number of ketones is 2. The summed E-state index contributed by atoms with van der Waals surface area (Å²) in [4.78, 5) is 29.1. The van der Waals surface area contributed by atoms with Crippen molar-refractivity contribution in [3.05, 3.63) is 71.4 Å². The molecule has 0 N–H and O–H groups in total. The van der Waals surface area contributed by atoms with Gasteiger partial charge in [0.15, 0.2) is 11.6 Å². The lowest BCUT2D eigenvalue weighted by Gasteiger charge is -2.34. The van der Waals surface area contributed by atoms with Gasteiger partial charge in [0.1, 0.15) is 5.75 Å². The van der Waals surface area contributed by atoms with Crippen LogP contribution in [0.2, 0.25) is 0 Å².